The van der Waals surface area contributed by atoms with Gasteiger partial charge in [-0.15, -0.1) is 0 Å². The lowest BCUT2D eigenvalue weighted by Gasteiger charge is -2.41. The van der Waals surface area contributed by atoms with Crippen LogP contribution in [0, 0.1) is 6.92 Å². The van der Waals surface area contributed by atoms with Gasteiger partial charge in [0, 0.05) is 19.1 Å². The molecular weight excluding hydrogens is 398 g/mol. The lowest BCUT2D eigenvalue weighted by molar-refractivity contribution is 0.134. The Balaban J connectivity index is 1.90. The predicted octanol–water partition coefficient (Wildman–Crippen LogP) is 3.32. The van der Waals surface area contributed by atoms with Crippen molar-refractivity contribution in [3.63, 3.8) is 0 Å². The highest BCUT2D eigenvalue weighted by molar-refractivity contribution is 7.88. The van der Waals surface area contributed by atoms with Gasteiger partial charge in [0.15, 0.2) is 0 Å². The van der Waals surface area contributed by atoms with Crippen LogP contribution in [-0.4, -0.2) is 50.8 Å². The SMILES string of the molecule is CCNC(=O)N1CCCC(NS(C)(=O)=O)C1Cc1cccc(-c2cccc(C)c2)c1. The summed E-state index contributed by atoms with van der Waals surface area (Å²) < 4.78 is 26.6. The number of piperidine rings is 1. The standard InChI is InChI=1S/C23H31N3O3S/c1-4-24-23(27)26-13-7-12-21(25-30(3,28)29)22(26)16-18-9-6-11-20(15-18)19-10-5-8-17(2)14-19/h5-6,8-11,14-15,21-22,25H,4,7,12-13,16H2,1-3H3,(H,24,27). The average molecular weight is 430 g/mol. The summed E-state index contributed by atoms with van der Waals surface area (Å²) in [5.74, 6) is 0. The number of hydrogen-bond acceptors (Lipinski definition) is 3. The first kappa shape index (κ1) is 22.3. The van der Waals surface area contributed by atoms with Gasteiger partial charge in [0.1, 0.15) is 0 Å². The van der Waals surface area contributed by atoms with E-state index in [4.69, 9.17) is 0 Å². The molecule has 162 valence electrons. The van der Waals surface area contributed by atoms with Crippen molar-refractivity contribution in [1.29, 1.82) is 0 Å². The van der Waals surface area contributed by atoms with Gasteiger partial charge in [-0.3, -0.25) is 0 Å². The van der Waals surface area contributed by atoms with E-state index >= 15 is 0 Å². The van der Waals surface area contributed by atoms with Crippen molar-refractivity contribution >= 4 is 16.1 Å². The van der Waals surface area contributed by atoms with Gasteiger partial charge in [0.05, 0.1) is 12.3 Å². The molecule has 0 spiro atoms. The van der Waals surface area contributed by atoms with Crippen molar-refractivity contribution < 1.29 is 13.2 Å². The molecule has 30 heavy (non-hydrogen) atoms. The molecule has 6 nitrogen and oxygen atoms in total. The van der Waals surface area contributed by atoms with Crippen LogP contribution < -0.4 is 10.0 Å². The van der Waals surface area contributed by atoms with E-state index in [2.05, 4.69) is 47.3 Å². The second-order valence-electron chi connectivity index (χ2n) is 8.01. The third-order valence-corrected chi connectivity index (χ3v) is 6.19. The van der Waals surface area contributed by atoms with Gasteiger partial charge in [-0.05, 0) is 49.8 Å². The highest BCUT2D eigenvalue weighted by Gasteiger charge is 2.35. The number of hydrogen-bond donors (Lipinski definition) is 2. The van der Waals surface area contributed by atoms with Crippen LogP contribution in [0.3, 0.4) is 0 Å². The number of nitrogens with zero attached hydrogens (tertiary/aromatic N) is 1. The van der Waals surface area contributed by atoms with E-state index in [0.717, 1.165) is 23.1 Å². The molecule has 2 aromatic carbocycles. The molecule has 2 unspecified atom stereocenters. The Hall–Kier alpha value is -2.38. The van der Waals surface area contributed by atoms with E-state index in [1.165, 1.54) is 11.8 Å². The van der Waals surface area contributed by atoms with Gasteiger partial charge >= 0.3 is 6.03 Å². The lowest BCUT2D eigenvalue weighted by atomic mass is 9.90. The fourth-order valence-electron chi connectivity index (χ4n) is 4.17. The maximum Gasteiger partial charge on any atom is 0.317 e. The highest BCUT2D eigenvalue weighted by Crippen LogP contribution is 2.26. The number of nitrogens with one attached hydrogen (secondary N) is 2. The molecule has 2 N–H and O–H groups in total. The zero-order valence-electron chi connectivity index (χ0n) is 17.9. The summed E-state index contributed by atoms with van der Waals surface area (Å²) in [6.07, 6.45) is 3.24. The molecule has 0 radical (unpaired) electrons. The van der Waals surface area contributed by atoms with E-state index in [-0.39, 0.29) is 18.1 Å². The summed E-state index contributed by atoms with van der Waals surface area (Å²) in [5.41, 5.74) is 4.54. The quantitative estimate of drug-likeness (QED) is 0.739. The molecule has 1 fully saturated rings. The molecular formula is C23H31N3O3S. The number of urea groups is 1. The first-order chi connectivity index (χ1) is 14.3. The van der Waals surface area contributed by atoms with Crippen LogP contribution in [0.15, 0.2) is 48.5 Å². The maximum absolute atomic E-state index is 12.7. The molecule has 0 bridgehead atoms. The Labute approximate surface area is 179 Å². The minimum absolute atomic E-state index is 0.141. The predicted molar refractivity (Wildman–Crippen MR) is 121 cm³/mol. The van der Waals surface area contributed by atoms with E-state index in [1.807, 2.05) is 25.1 Å². The van der Waals surface area contributed by atoms with E-state index < -0.39 is 10.0 Å². The summed E-state index contributed by atoms with van der Waals surface area (Å²) in [4.78, 5) is 14.5. The average Bonchev–Trinajstić information content (AvgIpc) is 2.68. The molecule has 1 heterocycles. The third kappa shape index (κ3) is 5.83. The van der Waals surface area contributed by atoms with E-state index in [9.17, 15) is 13.2 Å². The van der Waals surface area contributed by atoms with Crippen molar-refractivity contribution in [2.75, 3.05) is 19.3 Å². The van der Waals surface area contributed by atoms with Gasteiger partial charge in [-0.1, -0.05) is 54.1 Å². The van der Waals surface area contributed by atoms with Crippen LogP contribution in [0.1, 0.15) is 30.9 Å². The fourth-order valence-corrected chi connectivity index (χ4v) is 5.00. The number of benzene rings is 2. The minimum Gasteiger partial charge on any atom is -0.338 e. The Morgan fingerprint density at radius 2 is 1.83 bits per heavy atom. The van der Waals surface area contributed by atoms with Gasteiger partial charge in [0.2, 0.25) is 10.0 Å². The number of amides is 2. The van der Waals surface area contributed by atoms with Crippen LogP contribution >= 0.6 is 0 Å². The maximum atomic E-state index is 12.7. The molecule has 0 saturated carbocycles. The monoisotopic (exact) mass is 429 g/mol. The molecule has 2 aromatic rings. The van der Waals surface area contributed by atoms with Gasteiger partial charge in [0.25, 0.3) is 0 Å². The van der Waals surface area contributed by atoms with E-state index in [1.54, 1.807) is 4.90 Å². The second kappa shape index (κ2) is 9.62. The molecule has 0 aromatic heterocycles. The van der Waals surface area contributed by atoms with Crippen LogP contribution in [0.5, 0.6) is 0 Å². The normalized spacial score (nSPS) is 19.5. The zero-order valence-corrected chi connectivity index (χ0v) is 18.7. The number of aryl methyl sites for hydroxylation is 1. The second-order valence-corrected chi connectivity index (χ2v) is 9.79. The summed E-state index contributed by atoms with van der Waals surface area (Å²) in [5, 5.41) is 2.87. The minimum atomic E-state index is -3.37. The first-order valence-corrected chi connectivity index (χ1v) is 12.3. The van der Waals surface area contributed by atoms with Crippen molar-refractivity contribution in [2.24, 2.45) is 0 Å². The molecule has 3 rings (SSSR count). The van der Waals surface area contributed by atoms with Crippen LogP contribution in [0.25, 0.3) is 11.1 Å². The Morgan fingerprint density at radius 3 is 2.50 bits per heavy atom. The van der Waals surface area contributed by atoms with Crippen molar-refractivity contribution in [3.05, 3.63) is 59.7 Å². The van der Waals surface area contributed by atoms with Gasteiger partial charge in [-0.25, -0.2) is 17.9 Å². The lowest BCUT2D eigenvalue weighted by Crippen LogP contribution is -2.59. The molecule has 1 saturated heterocycles. The van der Waals surface area contributed by atoms with Crippen molar-refractivity contribution in [3.8, 4) is 11.1 Å². The number of carbonyl (C=O) groups is 1. The molecule has 7 heteroatoms. The van der Waals surface area contributed by atoms with E-state index in [0.29, 0.717) is 25.9 Å². The third-order valence-electron chi connectivity index (χ3n) is 5.46. The summed E-state index contributed by atoms with van der Waals surface area (Å²) >= 11 is 0. The van der Waals surface area contributed by atoms with Crippen LogP contribution in [-0.2, 0) is 16.4 Å². The number of likely N-dealkylation sites (tertiary alicyclic amines) is 1. The molecule has 2 amide bonds. The van der Waals surface area contributed by atoms with Gasteiger partial charge in [-0.2, -0.15) is 0 Å². The molecule has 2 atom stereocenters. The smallest absolute Gasteiger partial charge is 0.317 e. The Bertz CT molecular complexity index is 991. The topological polar surface area (TPSA) is 78.5 Å². The Kier molecular flexibility index (Phi) is 7.15. The number of carbonyl (C=O) groups excluding carboxylic acids is 1. The first-order valence-electron chi connectivity index (χ1n) is 10.4. The van der Waals surface area contributed by atoms with Crippen molar-refractivity contribution in [1.82, 2.24) is 14.9 Å². The molecule has 0 aliphatic carbocycles. The number of rotatable bonds is 6. The molecule has 1 aliphatic heterocycles. The summed E-state index contributed by atoms with van der Waals surface area (Å²) in [6.45, 7) is 5.11. The van der Waals surface area contributed by atoms with Crippen molar-refractivity contribution in [2.45, 2.75) is 45.2 Å². The van der Waals surface area contributed by atoms with Crippen LogP contribution in [0.4, 0.5) is 4.79 Å². The Morgan fingerprint density at radius 1 is 1.13 bits per heavy atom. The summed E-state index contributed by atoms with van der Waals surface area (Å²) in [7, 11) is -3.37. The number of sulfonamides is 1. The summed E-state index contributed by atoms with van der Waals surface area (Å²) in [6, 6.07) is 15.9. The zero-order chi connectivity index (χ0) is 21.7. The molecule has 1 aliphatic rings. The van der Waals surface area contributed by atoms with Gasteiger partial charge < -0.3 is 10.2 Å². The largest absolute Gasteiger partial charge is 0.338 e. The van der Waals surface area contributed by atoms with Crippen LogP contribution in [0.2, 0.25) is 0 Å². The highest BCUT2D eigenvalue weighted by atomic mass is 32.2. The fraction of sp³-hybridized carbons (Fsp3) is 0.435.